The molecule has 5 heteroatoms. The van der Waals surface area contributed by atoms with Crippen molar-refractivity contribution in [3.8, 4) is 0 Å². The minimum atomic E-state index is -0.449. The average molecular weight is 274 g/mol. The van der Waals surface area contributed by atoms with Crippen molar-refractivity contribution < 1.29 is 14.4 Å². The first kappa shape index (κ1) is 14.2. The van der Waals surface area contributed by atoms with Gasteiger partial charge in [0.2, 0.25) is 5.91 Å². The summed E-state index contributed by atoms with van der Waals surface area (Å²) in [5, 5.41) is 3.91. The highest BCUT2D eigenvalue weighted by Gasteiger charge is 2.17. The Kier molecular flexibility index (Phi) is 4.50. The molecule has 1 saturated heterocycles. The molecule has 0 saturated carbocycles. The van der Waals surface area contributed by atoms with Crippen LogP contribution >= 0.6 is 0 Å². The number of likely N-dealkylation sites (tertiary alicyclic amines) is 1. The fourth-order valence-electron chi connectivity index (χ4n) is 2.10. The predicted molar refractivity (Wildman–Crippen MR) is 75.5 cm³/mol. The first-order valence-electron chi connectivity index (χ1n) is 6.65. The van der Waals surface area contributed by atoms with E-state index in [1.54, 1.807) is 24.0 Å². The molecule has 1 fully saturated rings. The largest absolute Gasteiger partial charge is 0.365 e. The van der Waals surface area contributed by atoms with Crippen LogP contribution in [0.25, 0.3) is 0 Å². The van der Waals surface area contributed by atoms with Crippen LogP contribution in [0.4, 0.5) is 0 Å². The van der Waals surface area contributed by atoms with E-state index >= 15 is 0 Å². The van der Waals surface area contributed by atoms with Crippen molar-refractivity contribution in [1.82, 2.24) is 4.90 Å². The van der Waals surface area contributed by atoms with Gasteiger partial charge in [-0.1, -0.05) is 22.9 Å². The van der Waals surface area contributed by atoms with Gasteiger partial charge in [-0.2, -0.15) is 0 Å². The van der Waals surface area contributed by atoms with E-state index in [0.29, 0.717) is 31.5 Å². The second kappa shape index (κ2) is 6.32. The van der Waals surface area contributed by atoms with Crippen molar-refractivity contribution in [1.29, 1.82) is 0 Å². The highest BCUT2D eigenvalue weighted by Crippen LogP contribution is 2.10. The summed E-state index contributed by atoms with van der Waals surface area (Å²) in [6, 6.07) is 7.19. The first-order chi connectivity index (χ1) is 9.56. The number of rotatable bonds is 2. The summed E-state index contributed by atoms with van der Waals surface area (Å²) in [6.45, 7) is 4.74. The van der Waals surface area contributed by atoms with Crippen molar-refractivity contribution in [2.75, 3.05) is 13.1 Å². The van der Waals surface area contributed by atoms with Gasteiger partial charge in [-0.25, -0.2) is 4.79 Å². The van der Waals surface area contributed by atoms with Crippen LogP contribution in [0.3, 0.4) is 0 Å². The van der Waals surface area contributed by atoms with Gasteiger partial charge in [0, 0.05) is 32.9 Å². The third-order valence-electron chi connectivity index (χ3n) is 3.30. The van der Waals surface area contributed by atoms with E-state index < -0.39 is 5.97 Å². The van der Waals surface area contributed by atoms with Crippen LogP contribution in [0, 0.1) is 6.92 Å². The summed E-state index contributed by atoms with van der Waals surface area (Å²) < 4.78 is 0. The van der Waals surface area contributed by atoms with Crippen molar-refractivity contribution in [3.05, 3.63) is 35.4 Å². The molecule has 0 aliphatic carbocycles. The van der Waals surface area contributed by atoms with Crippen LogP contribution in [0.15, 0.2) is 29.4 Å². The maximum atomic E-state index is 11.8. The Morgan fingerprint density at radius 3 is 2.55 bits per heavy atom. The molecule has 106 valence electrons. The van der Waals surface area contributed by atoms with Gasteiger partial charge in [-0.15, -0.1) is 0 Å². The smallest absolute Gasteiger partial charge is 0.342 e. The number of carbonyl (C=O) groups is 2. The zero-order valence-electron chi connectivity index (χ0n) is 11.8. The Bertz CT molecular complexity index is 542. The first-order valence-corrected chi connectivity index (χ1v) is 6.65. The van der Waals surface area contributed by atoms with Gasteiger partial charge in [-0.3, -0.25) is 4.79 Å². The summed E-state index contributed by atoms with van der Waals surface area (Å²) >= 11 is 0. The van der Waals surface area contributed by atoms with Gasteiger partial charge >= 0.3 is 5.97 Å². The fourth-order valence-corrected chi connectivity index (χ4v) is 2.10. The topological polar surface area (TPSA) is 59.0 Å². The molecule has 0 radical (unpaired) electrons. The molecule has 1 heterocycles. The molecule has 20 heavy (non-hydrogen) atoms. The second-order valence-corrected chi connectivity index (χ2v) is 4.91. The Morgan fingerprint density at radius 1 is 1.25 bits per heavy atom. The number of hydrogen-bond acceptors (Lipinski definition) is 4. The minimum Gasteiger partial charge on any atom is -0.342 e. The standard InChI is InChI=1S/C15H18N2O3/c1-11-4-3-5-13(10-11)15(19)20-16-14-6-8-17(9-7-14)12(2)18/h3-5,10H,6-9H2,1-2H3. The van der Waals surface area contributed by atoms with Crippen LogP contribution in [-0.4, -0.2) is 35.6 Å². The van der Waals surface area contributed by atoms with E-state index in [9.17, 15) is 9.59 Å². The molecular formula is C15H18N2O3. The molecule has 0 bridgehead atoms. The van der Waals surface area contributed by atoms with Crippen molar-refractivity contribution in [2.45, 2.75) is 26.7 Å². The number of hydrogen-bond donors (Lipinski definition) is 0. The molecule has 0 atom stereocenters. The number of aryl methyl sites for hydroxylation is 1. The Balaban J connectivity index is 1.90. The zero-order chi connectivity index (χ0) is 14.5. The molecule has 0 aromatic heterocycles. The molecule has 0 unspecified atom stereocenters. The van der Waals surface area contributed by atoms with Crippen LogP contribution in [-0.2, 0) is 9.63 Å². The monoisotopic (exact) mass is 274 g/mol. The van der Waals surface area contributed by atoms with E-state index in [0.717, 1.165) is 11.3 Å². The number of nitrogens with zero attached hydrogens (tertiary/aromatic N) is 2. The number of carbonyl (C=O) groups excluding carboxylic acids is 2. The lowest BCUT2D eigenvalue weighted by Crippen LogP contribution is -2.37. The van der Waals surface area contributed by atoms with Gasteiger partial charge in [0.05, 0.1) is 11.3 Å². The molecule has 1 aliphatic heterocycles. The Morgan fingerprint density at radius 2 is 1.95 bits per heavy atom. The van der Waals surface area contributed by atoms with Crippen molar-refractivity contribution in [3.63, 3.8) is 0 Å². The molecule has 1 aromatic rings. The molecule has 5 nitrogen and oxygen atoms in total. The lowest BCUT2D eigenvalue weighted by molar-refractivity contribution is -0.128. The zero-order valence-corrected chi connectivity index (χ0v) is 11.8. The third-order valence-corrected chi connectivity index (χ3v) is 3.30. The van der Waals surface area contributed by atoms with Crippen LogP contribution in [0.2, 0.25) is 0 Å². The van der Waals surface area contributed by atoms with Crippen molar-refractivity contribution in [2.24, 2.45) is 5.16 Å². The summed E-state index contributed by atoms with van der Waals surface area (Å²) in [4.78, 5) is 29.7. The Hall–Kier alpha value is -2.17. The second-order valence-electron chi connectivity index (χ2n) is 4.91. The molecule has 0 N–H and O–H groups in total. The summed E-state index contributed by atoms with van der Waals surface area (Å²) in [7, 11) is 0. The fraction of sp³-hybridized carbons (Fsp3) is 0.400. The van der Waals surface area contributed by atoms with Crippen LogP contribution < -0.4 is 0 Å². The molecule has 1 aromatic carbocycles. The summed E-state index contributed by atoms with van der Waals surface area (Å²) in [5.41, 5.74) is 2.32. The number of benzene rings is 1. The van der Waals surface area contributed by atoms with Crippen molar-refractivity contribution >= 4 is 17.6 Å². The Labute approximate surface area is 118 Å². The third kappa shape index (κ3) is 3.66. The quantitative estimate of drug-likeness (QED) is 0.613. The van der Waals surface area contributed by atoms with Gasteiger partial charge in [-0.05, 0) is 19.1 Å². The summed E-state index contributed by atoms with van der Waals surface area (Å²) in [6.07, 6.45) is 1.31. The summed E-state index contributed by atoms with van der Waals surface area (Å²) in [5.74, 6) is -0.379. The SMILES string of the molecule is CC(=O)N1CCC(=NOC(=O)c2cccc(C)c2)CC1. The van der Waals surface area contributed by atoms with Gasteiger partial charge in [0.25, 0.3) is 0 Å². The molecular weight excluding hydrogens is 256 g/mol. The number of piperidine rings is 1. The lowest BCUT2D eigenvalue weighted by Gasteiger charge is -2.25. The highest BCUT2D eigenvalue weighted by molar-refractivity contribution is 5.91. The van der Waals surface area contributed by atoms with Gasteiger partial charge < -0.3 is 9.74 Å². The number of oxime groups is 1. The number of amides is 1. The lowest BCUT2D eigenvalue weighted by atomic mass is 10.1. The molecule has 0 spiro atoms. The van der Waals surface area contributed by atoms with E-state index in [1.165, 1.54) is 0 Å². The normalized spacial score (nSPS) is 14.9. The van der Waals surface area contributed by atoms with E-state index in [1.807, 2.05) is 19.1 Å². The minimum absolute atomic E-state index is 0.0702. The van der Waals surface area contributed by atoms with Crippen LogP contribution in [0.1, 0.15) is 35.7 Å². The van der Waals surface area contributed by atoms with Gasteiger partial charge in [0.15, 0.2) is 0 Å². The maximum Gasteiger partial charge on any atom is 0.365 e. The van der Waals surface area contributed by atoms with E-state index in [4.69, 9.17) is 4.84 Å². The molecule has 1 amide bonds. The molecule has 1 aliphatic rings. The average Bonchev–Trinajstić information content (AvgIpc) is 2.45. The van der Waals surface area contributed by atoms with Gasteiger partial charge in [0.1, 0.15) is 0 Å². The van der Waals surface area contributed by atoms with E-state index in [2.05, 4.69) is 5.16 Å². The van der Waals surface area contributed by atoms with Crippen LogP contribution in [0.5, 0.6) is 0 Å². The van der Waals surface area contributed by atoms with E-state index in [-0.39, 0.29) is 5.91 Å². The maximum absolute atomic E-state index is 11.8. The predicted octanol–water partition coefficient (Wildman–Crippen LogP) is 2.15. The molecule has 2 rings (SSSR count). The highest BCUT2D eigenvalue weighted by atomic mass is 16.7.